The monoisotopic (exact) mass is 800 g/mol. The molecule has 0 aromatic rings. The van der Waals surface area contributed by atoms with E-state index in [0.29, 0.717) is 19.3 Å². The third kappa shape index (κ3) is 40.4. The molecule has 1 amide bonds. The van der Waals surface area contributed by atoms with Crippen molar-refractivity contribution in [3.63, 3.8) is 0 Å². The molecule has 0 fully saturated rings. The summed E-state index contributed by atoms with van der Waals surface area (Å²) in [6.45, 7) is 6.41. The predicted octanol–water partition coefficient (Wildman–Crippen LogP) is 14.3. The van der Waals surface area contributed by atoms with Gasteiger partial charge in [-0.25, -0.2) is 0 Å². The lowest BCUT2D eigenvalue weighted by Crippen LogP contribution is -2.46. The van der Waals surface area contributed by atoms with Crippen molar-refractivity contribution in [1.82, 2.24) is 5.32 Å². The van der Waals surface area contributed by atoms with Crippen molar-refractivity contribution in [2.24, 2.45) is 0 Å². The largest absolute Gasteiger partial charge is 0.462 e. The number of unbranched alkanes of at least 4 members (excludes halogenated alkanes) is 25. The summed E-state index contributed by atoms with van der Waals surface area (Å²) >= 11 is 0. The normalized spacial score (nSPS) is 13.7. The second kappa shape index (κ2) is 44.9. The molecular weight excluding hydrogens is 707 g/mol. The maximum atomic E-state index is 13.1. The van der Waals surface area contributed by atoms with Gasteiger partial charge in [-0.05, 0) is 70.6 Å². The van der Waals surface area contributed by atoms with E-state index in [-0.39, 0.29) is 24.9 Å². The molecule has 0 aliphatic rings. The lowest BCUT2D eigenvalue weighted by atomic mass is 10.0. The van der Waals surface area contributed by atoms with Crippen LogP contribution < -0.4 is 5.32 Å². The van der Waals surface area contributed by atoms with Crippen LogP contribution >= 0.6 is 0 Å². The molecule has 3 unspecified atom stereocenters. The highest BCUT2D eigenvalue weighted by Crippen LogP contribution is 2.16. The number of esters is 1. The Hall–Kier alpha value is -2.18. The highest BCUT2D eigenvalue weighted by atomic mass is 16.5. The Balaban J connectivity index is 4.68. The number of ether oxygens (including phenoxy) is 1. The minimum Gasteiger partial charge on any atom is -0.462 e. The molecule has 57 heavy (non-hydrogen) atoms. The predicted molar refractivity (Wildman–Crippen MR) is 245 cm³/mol. The Kier molecular flexibility index (Phi) is 43.2. The zero-order valence-corrected chi connectivity index (χ0v) is 37.7. The third-order valence-electron chi connectivity index (χ3n) is 10.9. The van der Waals surface area contributed by atoms with Gasteiger partial charge in [-0.2, -0.15) is 0 Å². The van der Waals surface area contributed by atoms with Crippen LogP contribution in [0.4, 0.5) is 0 Å². The summed E-state index contributed by atoms with van der Waals surface area (Å²) in [6.07, 6.45) is 53.2. The second-order valence-electron chi connectivity index (χ2n) is 16.6. The van der Waals surface area contributed by atoms with E-state index >= 15 is 0 Å². The minimum absolute atomic E-state index is 0.0398. The molecule has 0 radical (unpaired) electrons. The number of hydrogen-bond donors (Lipinski definition) is 3. The third-order valence-corrected chi connectivity index (χ3v) is 10.9. The molecule has 0 aromatic carbocycles. The topological polar surface area (TPSA) is 95.9 Å². The standard InChI is InChI=1S/C51H93NO5/c1-4-7-10-13-16-19-21-23-25-27-29-32-35-38-41-44-51(56)57-47(42-39-36-33-31-28-26-24-22-20-17-14-11-8-5-2)45-50(55)52-48(46-53)49(54)43-40-37-34-30-18-15-12-9-6-3/h16,19,21,23,26,28,31,33,47-49,53-54H,4-15,17-18,20,22,24-25,27,29-30,32,34-46H2,1-3H3,(H,52,55)/b19-16+,23-21+,28-26+,33-31+. The van der Waals surface area contributed by atoms with Crippen LogP contribution in [0.3, 0.4) is 0 Å². The van der Waals surface area contributed by atoms with Gasteiger partial charge in [-0.1, -0.05) is 204 Å². The van der Waals surface area contributed by atoms with Gasteiger partial charge >= 0.3 is 5.97 Å². The second-order valence-corrected chi connectivity index (χ2v) is 16.6. The van der Waals surface area contributed by atoms with Crippen molar-refractivity contribution in [2.75, 3.05) is 6.61 Å². The van der Waals surface area contributed by atoms with Gasteiger partial charge in [0, 0.05) is 6.42 Å². The molecule has 0 aliphatic heterocycles. The number of nitrogens with one attached hydrogen (secondary N) is 1. The number of allylic oxidation sites excluding steroid dienone is 8. The van der Waals surface area contributed by atoms with E-state index in [9.17, 15) is 19.8 Å². The summed E-state index contributed by atoms with van der Waals surface area (Å²) < 4.78 is 5.89. The molecule has 0 saturated carbocycles. The van der Waals surface area contributed by atoms with Gasteiger partial charge in [-0.3, -0.25) is 9.59 Å². The first kappa shape index (κ1) is 54.8. The number of amides is 1. The fraction of sp³-hybridized carbons (Fsp3) is 0.804. The van der Waals surface area contributed by atoms with Gasteiger partial charge in [0.15, 0.2) is 0 Å². The zero-order chi connectivity index (χ0) is 41.7. The van der Waals surface area contributed by atoms with Gasteiger partial charge in [-0.15, -0.1) is 0 Å². The van der Waals surface area contributed by atoms with Gasteiger partial charge in [0.2, 0.25) is 5.91 Å². The fourth-order valence-corrected chi connectivity index (χ4v) is 7.18. The molecule has 0 rings (SSSR count). The Morgan fingerprint density at radius 3 is 1.37 bits per heavy atom. The van der Waals surface area contributed by atoms with Crippen LogP contribution in [0.15, 0.2) is 48.6 Å². The molecule has 0 aliphatic carbocycles. The van der Waals surface area contributed by atoms with Crippen molar-refractivity contribution in [2.45, 2.75) is 257 Å². The summed E-state index contributed by atoms with van der Waals surface area (Å²) in [6, 6.07) is -0.716. The van der Waals surface area contributed by atoms with E-state index in [4.69, 9.17) is 4.74 Å². The average molecular weight is 800 g/mol. The van der Waals surface area contributed by atoms with Gasteiger partial charge in [0.1, 0.15) is 6.10 Å². The summed E-state index contributed by atoms with van der Waals surface area (Å²) in [4.78, 5) is 26.0. The van der Waals surface area contributed by atoms with E-state index in [2.05, 4.69) is 74.7 Å². The molecule has 0 heterocycles. The Morgan fingerprint density at radius 1 is 0.509 bits per heavy atom. The van der Waals surface area contributed by atoms with Crippen LogP contribution in [-0.2, 0) is 14.3 Å². The Bertz CT molecular complexity index is 988. The summed E-state index contributed by atoms with van der Waals surface area (Å²) in [5.74, 6) is -0.534. The molecule has 6 nitrogen and oxygen atoms in total. The van der Waals surface area contributed by atoms with Crippen molar-refractivity contribution in [3.8, 4) is 0 Å². The molecule has 0 aromatic heterocycles. The van der Waals surface area contributed by atoms with E-state index in [1.165, 1.54) is 128 Å². The van der Waals surface area contributed by atoms with Gasteiger partial charge < -0.3 is 20.3 Å². The number of aliphatic hydroxyl groups is 2. The molecule has 0 bridgehead atoms. The van der Waals surface area contributed by atoms with E-state index < -0.39 is 18.2 Å². The molecule has 0 saturated heterocycles. The molecule has 3 N–H and O–H groups in total. The summed E-state index contributed by atoms with van der Waals surface area (Å²) in [7, 11) is 0. The van der Waals surface area contributed by atoms with Crippen molar-refractivity contribution in [1.29, 1.82) is 0 Å². The van der Waals surface area contributed by atoms with Crippen molar-refractivity contribution in [3.05, 3.63) is 48.6 Å². The van der Waals surface area contributed by atoms with Crippen LogP contribution in [0.2, 0.25) is 0 Å². The highest BCUT2D eigenvalue weighted by Gasteiger charge is 2.24. The fourth-order valence-electron chi connectivity index (χ4n) is 7.18. The summed E-state index contributed by atoms with van der Waals surface area (Å²) in [5.41, 5.74) is 0. The Morgan fingerprint density at radius 2 is 0.895 bits per heavy atom. The van der Waals surface area contributed by atoms with Crippen molar-refractivity contribution >= 4 is 11.9 Å². The van der Waals surface area contributed by atoms with Gasteiger partial charge in [0.05, 0.1) is 25.2 Å². The van der Waals surface area contributed by atoms with Crippen LogP contribution in [0.25, 0.3) is 0 Å². The number of carbonyl (C=O) groups excluding carboxylic acids is 2. The minimum atomic E-state index is -0.799. The average Bonchev–Trinajstić information content (AvgIpc) is 3.20. The van der Waals surface area contributed by atoms with Crippen molar-refractivity contribution < 1.29 is 24.5 Å². The van der Waals surface area contributed by atoms with E-state index in [0.717, 1.165) is 64.2 Å². The summed E-state index contributed by atoms with van der Waals surface area (Å²) in [5, 5.41) is 23.6. The number of rotatable bonds is 43. The Labute approximate surface area is 353 Å². The smallest absolute Gasteiger partial charge is 0.306 e. The van der Waals surface area contributed by atoms with Gasteiger partial charge in [0.25, 0.3) is 0 Å². The lowest BCUT2D eigenvalue weighted by molar-refractivity contribution is -0.151. The maximum Gasteiger partial charge on any atom is 0.306 e. The first-order valence-electron chi connectivity index (χ1n) is 24.4. The molecule has 6 heteroatoms. The van der Waals surface area contributed by atoms with Crippen LogP contribution in [0, 0.1) is 0 Å². The molecule has 332 valence electrons. The zero-order valence-electron chi connectivity index (χ0n) is 37.7. The highest BCUT2D eigenvalue weighted by molar-refractivity contribution is 5.77. The molecule has 3 atom stereocenters. The number of carbonyl (C=O) groups is 2. The molecule has 0 spiro atoms. The number of hydrogen-bond acceptors (Lipinski definition) is 5. The van der Waals surface area contributed by atoms with Crippen LogP contribution in [-0.4, -0.2) is 46.9 Å². The van der Waals surface area contributed by atoms with Crippen LogP contribution in [0.1, 0.15) is 239 Å². The quantitative estimate of drug-likeness (QED) is 0.0324. The first-order valence-corrected chi connectivity index (χ1v) is 24.4. The van der Waals surface area contributed by atoms with Crippen LogP contribution in [0.5, 0.6) is 0 Å². The SMILES string of the molecule is CCCCC/C=C/C=C/CCCCCCCCC(=O)OC(CCC/C=C/C=C/CCCCCCCCC)CC(=O)NC(CO)C(O)CCCCCCCCCCC. The maximum absolute atomic E-state index is 13.1. The first-order chi connectivity index (χ1) is 28.0. The van der Waals surface area contributed by atoms with E-state index in [1.54, 1.807) is 0 Å². The number of aliphatic hydroxyl groups excluding tert-OH is 2. The molecular formula is C51H93NO5. The van der Waals surface area contributed by atoms with E-state index in [1.807, 2.05) is 0 Å². The lowest BCUT2D eigenvalue weighted by Gasteiger charge is -2.24.